The summed E-state index contributed by atoms with van der Waals surface area (Å²) >= 11 is 1.11. The maximum absolute atomic E-state index is 13.9. The van der Waals surface area contributed by atoms with Gasteiger partial charge in [0.1, 0.15) is 17.4 Å². The van der Waals surface area contributed by atoms with Gasteiger partial charge in [0.25, 0.3) is 0 Å². The first kappa shape index (κ1) is 25.4. The SMILES string of the molecule is C[C@](N)(CC(=O)O)c1nc(-c2ccc(OCc3ccc(-c4ccccc4)cc3)c(C(F)(F)F)c2)cs1. The molecule has 4 aromatic rings. The number of aromatic nitrogens is 1. The maximum Gasteiger partial charge on any atom is 0.419 e. The Kier molecular flexibility index (Phi) is 7.14. The van der Waals surface area contributed by atoms with Crippen LogP contribution in [0.25, 0.3) is 22.4 Å². The second-order valence-electron chi connectivity index (χ2n) is 8.59. The van der Waals surface area contributed by atoms with Gasteiger partial charge in [-0.2, -0.15) is 13.2 Å². The van der Waals surface area contributed by atoms with Crippen LogP contribution >= 0.6 is 11.3 Å². The molecular weight excluding hydrogens is 489 g/mol. The largest absolute Gasteiger partial charge is 0.488 e. The van der Waals surface area contributed by atoms with Crippen molar-refractivity contribution in [2.75, 3.05) is 0 Å². The highest BCUT2D eigenvalue weighted by Crippen LogP contribution is 2.40. The number of benzene rings is 3. The van der Waals surface area contributed by atoms with Gasteiger partial charge >= 0.3 is 12.1 Å². The fourth-order valence-corrected chi connectivity index (χ4v) is 4.58. The number of carbonyl (C=O) groups is 1. The van der Waals surface area contributed by atoms with Gasteiger partial charge in [-0.15, -0.1) is 11.3 Å². The summed E-state index contributed by atoms with van der Waals surface area (Å²) in [5.41, 5.74) is 7.19. The Morgan fingerprint density at radius 3 is 2.28 bits per heavy atom. The molecule has 1 atom stereocenters. The molecule has 36 heavy (non-hydrogen) atoms. The van der Waals surface area contributed by atoms with E-state index in [1.807, 2.05) is 54.6 Å². The third-order valence-corrected chi connectivity index (χ3v) is 6.67. The van der Waals surface area contributed by atoms with Crippen molar-refractivity contribution in [2.45, 2.75) is 31.7 Å². The molecule has 0 amide bonds. The van der Waals surface area contributed by atoms with Crippen LogP contribution < -0.4 is 10.5 Å². The quantitative estimate of drug-likeness (QED) is 0.274. The third-order valence-electron chi connectivity index (χ3n) is 5.55. The molecule has 0 spiro atoms. The van der Waals surface area contributed by atoms with E-state index in [4.69, 9.17) is 15.6 Å². The average Bonchev–Trinajstić information content (AvgIpc) is 3.34. The minimum absolute atomic E-state index is 0.0287. The van der Waals surface area contributed by atoms with Gasteiger partial charge < -0.3 is 15.6 Å². The molecule has 0 unspecified atom stereocenters. The molecule has 0 aliphatic heterocycles. The molecule has 1 heterocycles. The molecule has 0 saturated heterocycles. The molecule has 0 aliphatic rings. The summed E-state index contributed by atoms with van der Waals surface area (Å²) < 4.78 is 47.2. The topological polar surface area (TPSA) is 85.4 Å². The van der Waals surface area contributed by atoms with E-state index < -0.39 is 23.2 Å². The van der Waals surface area contributed by atoms with E-state index in [-0.39, 0.29) is 30.0 Å². The van der Waals surface area contributed by atoms with Gasteiger partial charge in [0.05, 0.1) is 23.2 Å². The number of thiazole rings is 1. The summed E-state index contributed by atoms with van der Waals surface area (Å²) in [6, 6.07) is 21.0. The highest BCUT2D eigenvalue weighted by molar-refractivity contribution is 7.10. The van der Waals surface area contributed by atoms with E-state index in [1.165, 1.54) is 19.1 Å². The molecule has 1 aromatic heterocycles. The smallest absolute Gasteiger partial charge is 0.419 e. The van der Waals surface area contributed by atoms with Crippen molar-refractivity contribution in [3.05, 3.63) is 94.3 Å². The Morgan fingerprint density at radius 1 is 1.00 bits per heavy atom. The molecule has 0 bridgehead atoms. The van der Waals surface area contributed by atoms with E-state index in [0.717, 1.165) is 34.1 Å². The normalized spacial score (nSPS) is 13.2. The lowest BCUT2D eigenvalue weighted by molar-refractivity contribution is -0.139. The number of hydrogen-bond donors (Lipinski definition) is 2. The molecule has 186 valence electrons. The second kappa shape index (κ2) is 10.1. The molecule has 0 fully saturated rings. The predicted octanol–water partition coefficient (Wildman–Crippen LogP) is 6.72. The zero-order valence-electron chi connectivity index (χ0n) is 19.3. The van der Waals surface area contributed by atoms with E-state index in [2.05, 4.69) is 4.98 Å². The van der Waals surface area contributed by atoms with Gasteiger partial charge in [0, 0.05) is 10.9 Å². The summed E-state index contributed by atoms with van der Waals surface area (Å²) in [5.74, 6) is -1.38. The number of hydrogen-bond acceptors (Lipinski definition) is 5. The molecule has 0 saturated carbocycles. The van der Waals surface area contributed by atoms with Crippen molar-refractivity contribution in [2.24, 2.45) is 5.73 Å². The van der Waals surface area contributed by atoms with Crippen LogP contribution in [0.3, 0.4) is 0 Å². The monoisotopic (exact) mass is 512 g/mol. The molecule has 3 aromatic carbocycles. The van der Waals surface area contributed by atoms with Gasteiger partial charge in [-0.3, -0.25) is 4.79 Å². The Bertz CT molecular complexity index is 1350. The Balaban J connectivity index is 1.54. The zero-order chi connectivity index (χ0) is 25.9. The van der Waals surface area contributed by atoms with Crippen molar-refractivity contribution in [1.29, 1.82) is 0 Å². The Hall–Kier alpha value is -3.69. The van der Waals surface area contributed by atoms with Crippen LogP contribution in [0.1, 0.15) is 29.5 Å². The lowest BCUT2D eigenvalue weighted by Gasteiger charge is -2.19. The molecule has 4 rings (SSSR count). The van der Waals surface area contributed by atoms with E-state index in [9.17, 15) is 18.0 Å². The van der Waals surface area contributed by atoms with Gasteiger partial charge in [-0.25, -0.2) is 4.98 Å². The first-order valence-corrected chi connectivity index (χ1v) is 11.9. The number of nitrogens with zero attached hydrogens (tertiary/aromatic N) is 1. The average molecular weight is 513 g/mol. The van der Waals surface area contributed by atoms with Gasteiger partial charge in [-0.1, -0.05) is 54.6 Å². The van der Waals surface area contributed by atoms with Crippen LogP contribution in [0.2, 0.25) is 0 Å². The number of halogens is 3. The second-order valence-corrected chi connectivity index (χ2v) is 9.44. The number of rotatable bonds is 8. The summed E-state index contributed by atoms with van der Waals surface area (Å²) in [5, 5.41) is 10.9. The number of nitrogens with two attached hydrogens (primary N) is 1. The third kappa shape index (κ3) is 5.92. The molecule has 0 radical (unpaired) electrons. The fraction of sp³-hybridized carbons (Fsp3) is 0.185. The first-order valence-electron chi connectivity index (χ1n) is 11.0. The summed E-state index contributed by atoms with van der Waals surface area (Å²) in [7, 11) is 0. The van der Waals surface area contributed by atoms with Crippen molar-refractivity contribution in [1.82, 2.24) is 4.98 Å². The van der Waals surface area contributed by atoms with Crippen molar-refractivity contribution >= 4 is 17.3 Å². The maximum atomic E-state index is 13.9. The van der Waals surface area contributed by atoms with Crippen LogP contribution in [0, 0.1) is 0 Å². The summed E-state index contributed by atoms with van der Waals surface area (Å²) in [4.78, 5) is 15.4. The summed E-state index contributed by atoms with van der Waals surface area (Å²) in [6.45, 7) is 1.49. The highest BCUT2D eigenvalue weighted by Gasteiger charge is 2.35. The van der Waals surface area contributed by atoms with Crippen molar-refractivity contribution in [3.63, 3.8) is 0 Å². The van der Waals surface area contributed by atoms with E-state index in [1.54, 1.807) is 5.38 Å². The molecule has 9 heteroatoms. The lowest BCUT2D eigenvalue weighted by atomic mass is 10.0. The zero-order valence-corrected chi connectivity index (χ0v) is 20.1. The Morgan fingerprint density at radius 2 is 1.64 bits per heavy atom. The minimum atomic E-state index is -4.65. The van der Waals surface area contributed by atoms with Crippen LogP contribution in [-0.4, -0.2) is 16.1 Å². The molecule has 3 N–H and O–H groups in total. The number of carboxylic acids is 1. The molecular formula is C27H23F3N2O3S. The number of carboxylic acid groups (broad SMARTS) is 1. The predicted molar refractivity (Wildman–Crippen MR) is 133 cm³/mol. The molecule has 5 nitrogen and oxygen atoms in total. The molecule has 0 aliphatic carbocycles. The van der Waals surface area contributed by atoms with Crippen molar-refractivity contribution in [3.8, 4) is 28.1 Å². The standard InChI is InChI=1S/C27H23F3N2O3S/c1-26(31,14-24(33)34)25-32-22(16-36-25)20-11-12-23(21(13-20)27(28,29)30)35-15-17-7-9-19(10-8-17)18-5-3-2-4-6-18/h2-13,16H,14-15,31H2,1H3,(H,33,34)/t26-/m0/s1. The summed E-state index contributed by atoms with van der Waals surface area (Å²) in [6.07, 6.45) is -5.00. The fourth-order valence-electron chi connectivity index (χ4n) is 3.68. The Labute approximate surface area is 210 Å². The van der Waals surface area contributed by atoms with Gasteiger partial charge in [-0.05, 0) is 41.8 Å². The number of aliphatic carboxylic acids is 1. The highest BCUT2D eigenvalue weighted by atomic mass is 32.1. The van der Waals surface area contributed by atoms with E-state index in [0.29, 0.717) is 5.01 Å². The van der Waals surface area contributed by atoms with Crippen LogP contribution in [0.5, 0.6) is 5.75 Å². The van der Waals surface area contributed by atoms with Crippen LogP contribution in [0.15, 0.2) is 78.2 Å². The van der Waals surface area contributed by atoms with Crippen molar-refractivity contribution < 1.29 is 27.8 Å². The van der Waals surface area contributed by atoms with Gasteiger partial charge in [0.2, 0.25) is 0 Å². The minimum Gasteiger partial charge on any atom is -0.488 e. The number of ether oxygens (including phenoxy) is 1. The van der Waals surface area contributed by atoms with E-state index >= 15 is 0 Å². The lowest BCUT2D eigenvalue weighted by Crippen LogP contribution is -2.35. The number of alkyl halides is 3. The van der Waals surface area contributed by atoms with Crippen LogP contribution in [-0.2, 0) is 23.1 Å². The first-order chi connectivity index (χ1) is 17.0. The van der Waals surface area contributed by atoms with Gasteiger partial charge in [0.15, 0.2) is 0 Å². The van der Waals surface area contributed by atoms with Crippen LogP contribution in [0.4, 0.5) is 13.2 Å².